The van der Waals surface area contributed by atoms with Gasteiger partial charge in [-0.05, 0) is 48.9 Å². The second kappa shape index (κ2) is 10.9. The van der Waals surface area contributed by atoms with Crippen molar-refractivity contribution in [1.29, 1.82) is 0 Å². The van der Waals surface area contributed by atoms with Gasteiger partial charge in [0.05, 0.1) is 17.8 Å². The van der Waals surface area contributed by atoms with Crippen molar-refractivity contribution in [2.24, 2.45) is 5.92 Å². The van der Waals surface area contributed by atoms with Gasteiger partial charge >= 0.3 is 0 Å². The molecule has 7 nitrogen and oxygen atoms in total. The van der Waals surface area contributed by atoms with Crippen LogP contribution in [0.4, 0.5) is 4.39 Å². The van der Waals surface area contributed by atoms with E-state index in [4.69, 9.17) is 6.57 Å². The van der Waals surface area contributed by atoms with Gasteiger partial charge in [-0.2, -0.15) is 5.10 Å². The summed E-state index contributed by atoms with van der Waals surface area (Å²) in [5.41, 5.74) is 3.87. The third-order valence-corrected chi connectivity index (χ3v) is 8.10. The normalized spacial score (nSPS) is 15.2. The number of hydrogen-bond donors (Lipinski definition) is 0. The first-order valence-electron chi connectivity index (χ1n) is 13.6. The van der Waals surface area contributed by atoms with Crippen LogP contribution in [0.5, 0.6) is 0 Å². The molecule has 0 spiro atoms. The summed E-state index contributed by atoms with van der Waals surface area (Å²) in [6.07, 6.45) is 11.5. The van der Waals surface area contributed by atoms with E-state index < -0.39 is 5.92 Å². The quantitative estimate of drug-likeness (QED) is 0.208. The molecule has 0 N–H and O–H groups in total. The second-order valence-electron chi connectivity index (χ2n) is 10.5. The third-order valence-electron chi connectivity index (χ3n) is 8.10. The number of fused-ring (bicyclic) bond motifs is 1. The molecule has 5 aromatic rings. The summed E-state index contributed by atoms with van der Waals surface area (Å²) in [5.74, 6) is -0.701. The Bertz CT molecular complexity index is 1710. The number of benzene rings is 2. The van der Waals surface area contributed by atoms with Gasteiger partial charge in [-0.25, -0.2) is 20.9 Å². The Labute approximate surface area is 232 Å². The van der Waals surface area contributed by atoms with Crippen LogP contribution >= 0.6 is 0 Å². The SMILES string of the molecule is [C-]#[N+]C[C@H](C1CCCC1)n1cc(-c2ncnc3c2ccn3C(=O)C(C)c2ccc(-c3ccccc3)c(F)c2)cn1. The molecule has 2 aromatic carbocycles. The second-order valence-corrected chi connectivity index (χ2v) is 10.5. The summed E-state index contributed by atoms with van der Waals surface area (Å²) >= 11 is 0. The first kappa shape index (κ1) is 25.6. The fraction of sp³-hybridized carbons (Fsp3) is 0.281. The van der Waals surface area contributed by atoms with Gasteiger partial charge in [-0.15, -0.1) is 0 Å². The molecule has 3 aromatic heterocycles. The molecule has 1 saturated carbocycles. The van der Waals surface area contributed by atoms with E-state index in [0.29, 0.717) is 34.9 Å². The smallest absolute Gasteiger partial charge is 0.239 e. The van der Waals surface area contributed by atoms with Crippen LogP contribution in [0.2, 0.25) is 0 Å². The maximum Gasteiger partial charge on any atom is 0.239 e. The molecule has 0 aliphatic heterocycles. The molecular weight excluding hydrogens is 503 g/mol. The molecule has 200 valence electrons. The average Bonchev–Trinajstić information content (AvgIpc) is 3.77. The molecule has 2 atom stereocenters. The fourth-order valence-corrected chi connectivity index (χ4v) is 5.89. The van der Waals surface area contributed by atoms with E-state index in [-0.39, 0.29) is 17.8 Å². The summed E-state index contributed by atoms with van der Waals surface area (Å²) in [5, 5.41) is 5.35. The molecule has 3 heterocycles. The van der Waals surface area contributed by atoms with Gasteiger partial charge in [0.1, 0.15) is 18.2 Å². The molecule has 6 rings (SSSR count). The van der Waals surface area contributed by atoms with E-state index in [1.165, 1.54) is 29.8 Å². The van der Waals surface area contributed by atoms with Crippen molar-refractivity contribution in [3.05, 3.63) is 102 Å². The van der Waals surface area contributed by atoms with Crippen LogP contribution in [0.1, 0.15) is 54.9 Å². The van der Waals surface area contributed by atoms with Crippen LogP contribution in [-0.2, 0) is 0 Å². The molecule has 1 aliphatic carbocycles. The molecule has 0 radical (unpaired) electrons. The standard InChI is InChI=1S/C32H29FN6O/c1-21(24-12-13-26(28(33)16-24)22-8-4-3-5-9-22)32(40)38-15-14-27-30(35-20-36-31(27)38)25-17-37-39(19-25)29(18-34-2)23-10-6-7-11-23/h3-5,8-9,12-17,19-21,23,29H,6-7,10-11,18H2,1H3/t21?,29-/m1/s1. The lowest BCUT2D eigenvalue weighted by molar-refractivity contribution is 0.0889. The number of carbonyl (C=O) groups excluding carboxylic acids is 1. The van der Waals surface area contributed by atoms with E-state index in [1.54, 1.807) is 31.5 Å². The van der Waals surface area contributed by atoms with Crippen LogP contribution in [0.3, 0.4) is 0 Å². The Morgan fingerprint density at radius 1 is 1.10 bits per heavy atom. The number of hydrogen-bond acceptors (Lipinski definition) is 4. The summed E-state index contributed by atoms with van der Waals surface area (Å²) in [7, 11) is 0. The van der Waals surface area contributed by atoms with Crippen molar-refractivity contribution in [3.8, 4) is 22.4 Å². The zero-order valence-corrected chi connectivity index (χ0v) is 22.2. The lowest BCUT2D eigenvalue weighted by Gasteiger charge is -2.18. The molecule has 0 bridgehead atoms. The van der Waals surface area contributed by atoms with Crippen LogP contribution in [0.25, 0.3) is 38.3 Å². The van der Waals surface area contributed by atoms with E-state index >= 15 is 4.39 Å². The zero-order valence-electron chi connectivity index (χ0n) is 22.2. The highest BCUT2D eigenvalue weighted by molar-refractivity contribution is 5.98. The van der Waals surface area contributed by atoms with Crippen LogP contribution in [-0.4, -0.2) is 36.8 Å². The Hall–Kier alpha value is -4.64. The molecule has 1 aliphatic rings. The van der Waals surface area contributed by atoms with Gasteiger partial charge in [-0.3, -0.25) is 14.0 Å². The predicted molar refractivity (Wildman–Crippen MR) is 152 cm³/mol. The highest BCUT2D eigenvalue weighted by atomic mass is 19.1. The topological polar surface area (TPSA) is 70.0 Å². The summed E-state index contributed by atoms with van der Waals surface area (Å²) in [6, 6.07) is 16.2. The Morgan fingerprint density at radius 2 is 1.90 bits per heavy atom. The lowest BCUT2D eigenvalue weighted by Crippen LogP contribution is -2.20. The number of nitrogens with zero attached hydrogens (tertiary/aromatic N) is 6. The Kier molecular flexibility index (Phi) is 6.95. The molecule has 1 unspecified atom stereocenters. The minimum absolute atomic E-state index is 0.0479. The van der Waals surface area contributed by atoms with Crippen molar-refractivity contribution in [2.75, 3.05) is 6.54 Å². The van der Waals surface area contributed by atoms with Crippen LogP contribution in [0.15, 0.2) is 79.5 Å². The van der Waals surface area contributed by atoms with Crippen molar-refractivity contribution >= 4 is 16.9 Å². The zero-order chi connectivity index (χ0) is 27.6. The van der Waals surface area contributed by atoms with E-state index in [1.807, 2.05) is 47.3 Å². The van der Waals surface area contributed by atoms with Gasteiger partial charge in [0.2, 0.25) is 12.5 Å². The first-order valence-corrected chi connectivity index (χ1v) is 13.6. The molecule has 1 fully saturated rings. The van der Waals surface area contributed by atoms with Crippen LogP contribution < -0.4 is 0 Å². The molecular formula is C32H29FN6O. The highest BCUT2D eigenvalue weighted by Crippen LogP contribution is 2.36. The number of aromatic nitrogens is 5. The van der Waals surface area contributed by atoms with E-state index in [0.717, 1.165) is 29.4 Å². The van der Waals surface area contributed by atoms with Gasteiger partial charge in [-0.1, -0.05) is 55.3 Å². The summed E-state index contributed by atoms with van der Waals surface area (Å²) in [6.45, 7) is 9.61. The Balaban J connectivity index is 1.28. The Morgan fingerprint density at radius 3 is 2.65 bits per heavy atom. The summed E-state index contributed by atoms with van der Waals surface area (Å²) in [4.78, 5) is 26.2. The van der Waals surface area contributed by atoms with Crippen molar-refractivity contribution in [2.45, 2.75) is 44.6 Å². The van der Waals surface area contributed by atoms with Crippen molar-refractivity contribution in [1.82, 2.24) is 24.3 Å². The van der Waals surface area contributed by atoms with Crippen molar-refractivity contribution in [3.63, 3.8) is 0 Å². The van der Waals surface area contributed by atoms with Gasteiger partial charge in [0.15, 0.2) is 5.65 Å². The van der Waals surface area contributed by atoms with Crippen LogP contribution in [0, 0.1) is 18.3 Å². The van der Waals surface area contributed by atoms with Crippen molar-refractivity contribution < 1.29 is 9.18 Å². The minimum Gasteiger partial charge on any atom is -0.315 e. The van der Waals surface area contributed by atoms with E-state index in [9.17, 15) is 4.79 Å². The molecule has 40 heavy (non-hydrogen) atoms. The number of halogens is 1. The summed E-state index contributed by atoms with van der Waals surface area (Å²) < 4.78 is 18.5. The fourth-order valence-electron chi connectivity index (χ4n) is 5.89. The van der Waals surface area contributed by atoms with Gasteiger partial charge < -0.3 is 4.85 Å². The third kappa shape index (κ3) is 4.68. The van der Waals surface area contributed by atoms with Gasteiger partial charge in [0, 0.05) is 28.9 Å². The number of rotatable bonds is 7. The monoisotopic (exact) mass is 532 g/mol. The number of carbonyl (C=O) groups is 1. The average molecular weight is 533 g/mol. The maximum atomic E-state index is 15.0. The minimum atomic E-state index is -0.586. The largest absolute Gasteiger partial charge is 0.315 e. The highest BCUT2D eigenvalue weighted by Gasteiger charge is 2.30. The predicted octanol–water partition coefficient (Wildman–Crippen LogP) is 7.20. The maximum absolute atomic E-state index is 15.0. The van der Waals surface area contributed by atoms with E-state index in [2.05, 4.69) is 19.9 Å². The molecule has 0 amide bonds. The molecule has 0 saturated heterocycles. The molecule has 8 heteroatoms. The van der Waals surface area contributed by atoms with Gasteiger partial charge in [0.25, 0.3) is 0 Å². The lowest BCUT2D eigenvalue weighted by atomic mass is 9.96. The first-order chi connectivity index (χ1) is 19.5.